The van der Waals surface area contributed by atoms with Crippen LogP contribution < -0.4 is 5.43 Å². The summed E-state index contributed by atoms with van der Waals surface area (Å²) in [6, 6.07) is 16.3. The summed E-state index contributed by atoms with van der Waals surface area (Å²) in [7, 11) is -3.26. The molecule has 4 rings (SSSR count). The Kier molecular flexibility index (Phi) is 5.22. The number of sulfone groups is 1. The van der Waals surface area contributed by atoms with Crippen LogP contribution in [0.1, 0.15) is 28.0 Å². The van der Waals surface area contributed by atoms with Gasteiger partial charge in [-0.25, -0.2) is 8.42 Å². The molecule has 2 atom stereocenters. The fourth-order valence-electron chi connectivity index (χ4n) is 3.32. The normalized spacial score (nSPS) is 19.3. The van der Waals surface area contributed by atoms with Crippen molar-refractivity contribution in [3.8, 4) is 0 Å². The topological polar surface area (TPSA) is 58.5 Å². The average molecular weight is 451 g/mol. The highest BCUT2D eigenvalue weighted by Crippen LogP contribution is 2.41. The standard InChI is InChI=1S/C20H16Cl2N2O2S2/c1-28(25,26)15-8-4-12(5-9-15)17-18(13-2-6-14(21)7-3-13)23-24-19(17)20-16(22)10-11-27-20/h2-11,17-18,23H,1H3. The molecule has 3 aromatic rings. The highest BCUT2D eigenvalue weighted by molar-refractivity contribution is 7.90. The lowest BCUT2D eigenvalue weighted by Crippen LogP contribution is -2.20. The van der Waals surface area contributed by atoms with Gasteiger partial charge in [-0.05, 0) is 46.8 Å². The number of hydrazone groups is 1. The maximum absolute atomic E-state index is 11.8. The minimum atomic E-state index is -3.26. The van der Waals surface area contributed by atoms with Crippen LogP contribution in [0.4, 0.5) is 0 Å². The average Bonchev–Trinajstić information content (AvgIpc) is 3.27. The van der Waals surface area contributed by atoms with Gasteiger partial charge in [0, 0.05) is 11.3 Å². The number of halogens is 2. The Labute approximate surface area is 177 Å². The van der Waals surface area contributed by atoms with Crippen molar-refractivity contribution in [2.24, 2.45) is 5.10 Å². The molecule has 8 heteroatoms. The SMILES string of the molecule is CS(=O)(=O)c1ccc(C2C(c3sccc3Cl)=NNC2c2ccc(Cl)cc2)cc1. The van der Waals surface area contributed by atoms with Gasteiger partial charge in [-0.1, -0.05) is 47.5 Å². The molecule has 2 unspecified atom stereocenters. The van der Waals surface area contributed by atoms with Gasteiger partial charge in [0.25, 0.3) is 0 Å². The fourth-order valence-corrected chi connectivity index (χ4v) is 5.26. The second-order valence-electron chi connectivity index (χ2n) is 6.57. The Balaban J connectivity index is 1.79. The van der Waals surface area contributed by atoms with Crippen molar-refractivity contribution in [1.29, 1.82) is 0 Å². The quantitative estimate of drug-likeness (QED) is 0.587. The molecule has 0 saturated carbocycles. The molecule has 0 spiro atoms. The zero-order chi connectivity index (χ0) is 19.9. The molecule has 0 fully saturated rings. The first-order chi connectivity index (χ1) is 13.3. The lowest BCUT2D eigenvalue weighted by Gasteiger charge is -2.22. The van der Waals surface area contributed by atoms with E-state index in [0.717, 1.165) is 21.7 Å². The van der Waals surface area contributed by atoms with E-state index in [-0.39, 0.29) is 16.9 Å². The Morgan fingerprint density at radius 3 is 2.18 bits per heavy atom. The predicted molar refractivity (Wildman–Crippen MR) is 115 cm³/mol. The van der Waals surface area contributed by atoms with Crippen LogP contribution in [0.25, 0.3) is 0 Å². The van der Waals surface area contributed by atoms with E-state index in [9.17, 15) is 8.42 Å². The molecule has 1 aliphatic rings. The number of nitrogens with zero attached hydrogens (tertiary/aromatic N) is 1. The van der Waals surface area contributed by atoms with Gasteiger partial charge in [0.2, 0.25) is 0 Å². The number of thiophene rings is 1. The molecule has 1 aliphatic heterocycles. The van der Waals surface area contributed by atoms with Gasteiger partial charge in [0.05, 0.1) is 32.5 Å². The van der Waals surface area contributed by atoms with Gasteiger partial charge >= 0.3 is 0 Å². The number of nitrogens with one attached hydrogen (secondary N) is 1. The van der Waals surface area contributed by atoms with Crippen molar-refractivity contribution in [2.75, 3.05) is 6.26 Å². The summed E-state index contributed by atoms with van der Waals surface area (Å²) in [6.07, 6.45) is 1.20. The summed E-state index contributed by atoms with van der Waals surface area (Å²) in [6.45, 7) is 0. The Hall–Kier alpha value is -1.86. The summed E-state index contributed by atoms with van der Waals surface area (Å²) >= 11 is 14.0. The largest absolute Gasteiger partial charge is 0.301 e. The van der Waals surface area contributed by atoms with E-state index in [4.69, 9.17) is 23.2 Å². The Morgan fingerprint density at radius 2 is 1.61 bits per heavy atom. The summed E-state index contributed by atoms with van der Waals surface area (Å²) in [4.78, 5) is 1.20. The van der Waals surface area contributed by atoms with E-state index >= 15 is 0 Å². The van der Waals surface area contributed by atoms with Crippen LogP contribution in [0.2, 0.25) is 10.0 Å². The van der Waals surface area contributed by atoms with Crippen molar-refractivity contribution in [2.45, 2.75) is 16.9 Å². The van der Waals surface area contributed by atoms with E-state index < -0.39 is 9.84 Å². The van der Waals surface area contributed by atoms with E-state index in [1.807, 2.05) is 47.8 Å². The zero-order valence-electron chi connectivity index (χ0n) is 14.8. The van der Waals surface area contributed by atoms with Crippen LogP contribution in [-0.2, 0) is 9.84 Å². The molecule has 1 N–H and O–H groups in total. The van der Waals surface area contributed by atoms with Crippen LogP contribution in [0.15, 0.2) is 70.0 Å². The van der Waals surface area contributed by atoms with Gasteiger partial charge in [-0.15, -0.1) is 11.3 Å². The maximum atomic E-state index is 11.8. The molecule has 2 aromatic carbocycles. The van der Waals surface area contributed by atoms with Crippen LogP contribution >= 0.6 is 34.5 Å². The molecule has 0 radical (unpaired) electrons. The maximum Gasteiger partial charge on any atom is 0.175 e. The van der Waals surface area contributed by atoms with Gasteiger partial charge in [-0.2, -0.15) is 5.10 Å². The van der Waals surface area contributed by atoms with Crippen LogP contribution in [-0.4, -0.2) is 20.4 Å². The van der Waals surface area contributed by atoms with Crippen LogP contribution in [0, 0.1) is 0 Å². The molecule has 4 nitrogen and oxygen atoms in total. The lowest BCUT2D eigenvalue weighted by molar-refractivity contribution is 0.573. The zero-order valence-corrected chi connectivity index (χ0v) is 17.9. The van der Waals surface area contributed by atoms with Gasteiger partial charge in [0.15, 0.2) is 9.84 Å². The highest BCUT2D eigenvalue weighted by atomic mass is 35.5. The molecular weight excluding hydrogens is 435 g/mol. The second-order valence-corrected chi connectivity index (χ2v) is 10.3. The minimum absolute atomic E-state index is 0.116. The molecule has 0 amide bonds. The first-order valence-electron chi connectivity index (χ1n) is 8.46. The van der Waals surface area contributed by atoms with E-state index in [1.165, 1.54) is 17.6 Å². The van der Waals surface area contributed by atoms with Crippen LogP contribution in [0.5, 0.6) is 0 Å². The predicted octanol–water partition coefficient (Wildman–Crippen LogP) is 5.29. The van der Waals surface area contributed by atoms with Crippen molar-refractivity contribution >= 4 is 50.1 Å². The molecule has 0 aliphatic carbocycles. The molecule has 0 saturated heterocycles. The molecular formula is C20H16Cl2N2O2S2. The number of benzene rings is 2. The summed E-state index contributed by atoms with van der Waals surface area (Å²) < 4.78 is 23.6. The molecule has 0 bridgehead atoms. The smallest absolute Gasteiger partial charge is 0.175 e. The molecule has 144 valence electrons. The van der Waals surface area contributed by atoms with Crippen LogP contribution in [0.3, 0.4) is 0 Å². The van der Waals surface area contributed by atoms with Crippen molar-refractivity contribution in [3.05, 3.63) is 86.0 Å². The van der Waals surface area contributed by atoms with Gasteiger partial charge in [-0.3, -0.25) is 0 Å². The summed E-state index contributed by atoms with van der Waals surface area (Å²) in [5.74, 6) is -0.120. The number of hydrogen-bond acceptors (Lipinski definition) is 5. The third-order valence-corrected chi connectivity index (χ3v) is 7.44. The van der Waals surface area contributed by atoms with E-state index in [2.05, 4.69) is 10.5 Å². The van der Waals surface area contributed by atoms with Gasteiger partial charge in [0.1, 0.15) is 0 Å². The Morgan fingerprint density at radius 1 is 0.964 bits per heavy atom. The minimum Gasteiger partial charge on any atom is -0.301 e. The van der Waals surface area contributed by atoms with Gasteiger partial charge < -0.3 is 5.43 Å². The fraction of sp³-hybridized carbons (Fsp3) is 0.150. The second kappa shape index (κ2) is 7.52. The third kappa shape index (κ3) is 3.70. The van der Waals surface area contributed by atoms with Crippen molar-refractivity contribution < 1.29 is 8.42 Å². The van der Waals surface area contributed by atoms with E-state index in [1.54, 1.807) is 12.1 Å². The first kappa shape index (κ1) is 19.5. The number of rotatable bonds is 4. The summed E-state index contributed by atoms with van der Waals surface area (Å²) in [5.41, 5.74) is 6.06. The van der Waals surface area contributed by atoms with E-state index in [0.29, 0.717) is 10.0 Å². The number of hydrogen-bond donors (Lipinski definition) is 1. The molecule has 28 heavy (non-hydrogen) atoms. The van der Waals surface area contributed by atoms with Crippen molar-refractivity contribution in [3.63, 3.8) is 0 Å². The highest BCUT2D eigenvalue weighted by Gasteiger charge is 2.36. The molecule has 1 aromatic heterocycles. The summed E-state index contributed by atoms with van der Waals surface area (Å²) in [5, 5.41) is 7.84. The first-order valence-corrected chi connectivity index (χ1v) is 12.0. The molecule has 2 heterocycles. The monoisotopic (exact) mass is 450 g/mol. The Bertz CT molecular complexity index is 1140. The third-order valence-electron chi connectivity index (χ3n) is 4.70. The lowest BCUT2D eigenvalue weighted by atomic mass is 9.84. The van der Waals surface area contributed by atoms with Crippen molar-refractivity contribution in [1.82, 2.24) is 5.43 Å².